The fourth-order valence-electron chi connectivity index (χ4n) is 4.11. The maximum absolute atomic E-state index is 13.3. The van der Waals surface area contributed by atoms with Crippen molar-refractivity contribution in [2.45, 2.75) is 59.0 Å². The zero-order valence-electron chi connectivity index (χ0n) is 15.8. The van der Waals surface area contributed by atoms with Gasteiger partial charge in [0.15, 0.2) is 22.8 Å². The van der Waals surface area contributed by atoms with Crippen LogP contribution in [-0.4, -0.2) is 37.8 Å². The number of nitrogens with zero attached hydrogens (tertiary/aromatic N) is 5. The van der Waals surface area contributed by atoms with Crippen LogP contribution < -0.4 is 5.32 Å². The normalized spacial score (nSPS) is 20.0. The monoisotopic (exact) mass is 374 g/mol. The van der Waals surface area contributed by atoms with Gasteiger partial charge in [0, 0.05) is 18.3 Å². The molecule has 1 aliphatic heterocycles. The number of halogens is 2. The summed E-state index contributed by atoms with van der Waals surface area (Å²) in [4.78, 5) is 17.3. The standard InChI is InChI=1S/C19H24F2N6/c1-4-27-18-15(26-19(27)16(20)21)17(23-9-24-18)25-12-6-5-11-8-22-14(10(2)3)13(11)7-12/h9-10,12,16H,4-8H2,1-3H3,(H,23,24,25). The lowest BCUT2D eigenvalue weighted by molar-refractivity contribution is 0.136. The molecule has 4 rings (SSSR count). The van der Waals surface area contributed by atoms with Crippen LogP contribution in [0.2, 0.25) is 0 Å². The Bertz CT molecular complexity index is 928. The van der Waals surface area contributed by atoms with Crippen molar-refractivity contribution in [3.05, 3.63) is 23.3 Å². The first-order chi connectivity index (χ1) is 13.0. The molecule has 8 heteroatoms. The number of hydrogen-bond acceptors (Lipinski definition) is 5. The second-order valence-corrected chi connectivity index (χ2v) is 7.43. The zero-order chi connectivity index (χ0) is 19.1. The summed E-state index contributed by atoms with van der Waals surface area (Å²) in [6, 6.07) is 0.186. The van der Waals surface area contributed by atoms with Crippen LogP contribution in [0.5, 0.6) is 0 Å². The highest BCUT2D eigenvalue weighted by atomic mass is 19.3. The molecule has 2 aliphatic rings. The number of imidazole rings is 1. The molecule has 0 fully saturated rings. The smallest absolute Gasteiger partial charge is 0.295 e. The third kappa shape index (κ3) is 3.11. The highest BCUT2D eigenvalue weighted by molar-refractivity contribution is 6.04. The third-order valence-corrected chi connectivity index (χ3v) is 5.38. The number of anilines is 1. The van der Waals surface area contributed by atoms with Gasteiger partial charge in [-0.2, -0.15) is 0 Å². The molecule has 2 aromatic heterocycles. The minimum atomic E-state index is -2.64. The van der Waals surface area contributed by atoms with Gasteiger partial charge in [0.2, 0.25) is 0 Å². The molecule has 0 spiro atoms. The Morgan fingerprint density at radius 1 is 1.30 bits per heavy atom. The van der Waals surface area contributed by atoms with E-state index in [0.717, 1.165) is 25.8 Å². The molecule has 0 saturated heterocycles. The number of nitrogens with one attached hydrogen (secondary N) is 1. The van der Waals surface area contributed by atoms with Gasteiger partial charge in [-0.15, -0.1) is 0 Å². The Morgan fingerprint density at radius 2 is 2.11 bits per heavy atom. The summed E-state index contributed by atoms with van der Waals surface area (Å²) < 4.78 is 28.1. The molecule has 1 N–H and O–H groups in total. The first-order valence-electron chi connectivity index (χ1n) is 9.51. The zero-order valence-corrected chi connectivity index (χ0v) is 15.8. The van der Waals surface area contributed by atoms with Crippen LogP contribution in [0, 0.1) is 5.92 Å². The molecule has 0 radical (unpaired) electrons. The van der Waals surface area contributed by atoms with Crippen molar-refractivity contribution in [1.82, 2.24) is 19.5 Å². The molecule has 2 aromatic rings. The first-order valence-corrected chi connectivity index (χ1v) is 9.51. The summed E-state index contributed by atoms with van der Waals surface area (Å²) in [5.74, 6) is 0.690. The minimum Gasteiger partial charge on any atom is -0.365 e. The summed E-state index contributed by atoms with van der Waals surface area (Å²) in [6.45, 7) is 7.36. The highest BCUT2D eigenvalue weighted by Gasteiger charge is 2.29. The topological polar surface area (TPSA) is 68.0 Å². The number of aromatic nitrogens is 4. The number of hydrogen-bond donors (Lipinski definition) is 1. The van der Waals surface area contributed by atoms with Crippen LogP contribution in [0.15, 0.2) is 22.5 Å². The molecule has 0 amide bonds. The van der Waals surface area contributed by atoms with E-state index in [1.807, 2.05) is 6.92 Å². The lowest BCUT2D eigenvalue weighted by Crippen LogP contribution is -2.27. The number of alkyl halides is 2. The van der Waals surface area contributed by atoms with Gasteiger partial charge in [-0.1, -0.05) is 13.8 Å². The van der Waals surface area contributed by atoms with Crippen LogP contribution >= 0.6 is 0 Å². The summed E-state index contributed by atoms with van der Waals surface area (Å²) in [7, 11) is 0. The molecular weight excluding hydrogens is 350 g/mol. The fraction of sp³-hybridized carbons (Fsp3) is 0.579. The molecule has 1 aliphatic carbocycles. The number of rotatable bonds is 5. The highest BCUT2D eigenvalue weighted by Crippen LogP contribution is 2.34. The Labute approximate surface area is 156 Å². The van der Waals surface area contributed by atoms with E-state index in [4.69, 9.17) is 4.99 Å². The van der Waals surface area contributed by atoms with E-state index in [0.29, 0.717) is 29.4 Å². The van der Waals surface area contributed by atoms with E-state index >= 15 is 0 Å². The molecule has 3 heterocycles. The van der Waals surface area contributed by atoms with Gasteiger partial charge < -0.3 is 9.88 Å². The average Bonchev–Trinajstić information content (AvgIpc) is 3.23. The van der Waals surface area contributed by atoms with E-state index < -0.39 is 6.43 Å². The van der Waals surface area contributed by atoms with Crippen molar-refractivity contribution < 1.29 is 8.78 Å². The van der Waals surface area contributed by atoms with Gasteiger partial charge in [0.25, 0.3) is 6.43 Å². The summed E-state index contributed by atoms with van der Waals surface area (Å²) in [5, 5.41) is 3.44. The number of fused-ring (bicyclic) bond motifs is 1. The lowest BCUT2D eigenvalue weighted by atomic mass is 9.85. The van der Waals surface area contributed by atoms with E-state index in [-0.39, 0.29) is 11.9 Å². The van der Waals surface area contributed by atoms with Gasteiger partial charge in [-0.3, -0.25) is 4.99 Å². The molecule has 0 aromatic carbocycles. The molecule has 0 bridgehead atoms. The molecule has 1 atom stereocenters. The first kappa shape index (κ1) is 18.0. The van der Waals surface area contributed by atoms with Crippen molar-refractivity contribution in [3.8, 4) is 0 Å². The Kier molecular flexibility index (Phi) is 4.65. The van der Waals surface area contributed by atoms with Crippen molar-refractivity contribution in [3.63, 3.8) is 0 Å². The second-order valence-electron chi connectivity index (χ2n) is 7.43. The molecule has 144 valence electrons. The van der Waals surface area contributed by atoms with Crippen molar-refractivity contribution in [2.75, 3.05) is 11.9 Å². The Morgan fingerprint density at radius 3 is 2.81 bits per heavy atom. The summed E-state index contributed by atoms with van der Waals surface area (Å²) in [6.07, 6.45) is 1.64. The van der Waals surface area contributed by atoms with Crippen LogP contribution in [-0.2, 0) is 6.54 Å². The summed E-state index contributed by atoms with van der Waals surface area (Å²) >= 11 is 0. The number of aryl methyl sites for hydroxylation is 1. The predicted molar refractivity (Wildman–Crippen MR) is 101 cm³/mol. The van der Waals surface area contributed by atoms with Crippen molar-refractivity contribution >= 4 is 22.7 Å². The SMILES string of the molecule is CCn1c(C(F)F)nc2c(NC3CCC4=C(C3)C(C(C)C)=NC4)ncnc21. The van der Waals surface area contributed by atoms with Gasteiger partial charge in [0.05, 0.1) is 6.54 Å². The van der Waals surface area contributed by atoms with E-state index in [1.54, 1.807) is 0 Å². The molecule has 6 nitrogen and oxygen atoms in total. The molecule has 1 unspecified atom stereocenters. The van der Waals surface area contributed by atoms with Gasteiger partial charge in [-0.05, 0) is 43.3 Å². The van der Waals surface area contributed by atoms with Gasteiger partial charge in [-0.25, -0.2) is 23.7 Å². The minimum absolute atomic E-state index is 0.186. The lowest BCUT2D eigenvalue weighted by Gasteiger charge is -2.26. The predicted octanol–water partition coefficient (Wildman–Crippen LogP) is 4.16. The van der Waals surface area contributed by atoms with E-state index in [9.17, 15) is 8.78 Å². The van der Waals surface area contributed by atoms with Crippen molar-refractivity contribution in [1.29, 1.82) is 0 Å². The van der Waals surface area contributed by atoms with Crippen LogP contribution in [0.4, 0.5) is 14.6 Å². The fourth-order valence-corrected chi connectivity index (χ4v) is 4.11. The van der Waals surface area contributed by atoms with E-state index in [2.05, 4.69) is 34.1 Å². The van der Waals surface area contributed by atoms with Crippen LogP contribution in [0.25, 0.3) is 11.2 Å². The van der Waals surface area contributed by atoms with E-state index in [1.165, 1.54) is 27.8 Å². The largest absolute Gasteiger partial charge is 0.365 e. The molecule has 27 heavy (non-hydrogen) atoms. The third-order valence-electron chi connectivity index (χ3n) is 5.38. The maximum Gasteiger partial charge on any atom is 0.295 e. The van der Waals surface area contributed by atoms with Gasteiger partial charge >= 0.3 is 0 Å². The van der Waals surface area contributed by atoms with Crippen LogP contribution in [0.1, 0.15) is 52.3 Å². The maximum atomic E-state index is 13.3. The number of aliphatic imine (C=N–C) groups is 1. The second kappa shape index (κ2) is 6.98. The van der Waals surface area contributed by atoms with Crippen molar-refractivity contribution in [2.24, 2.45) is 10.9 Å². The molecular formula is C19H24F2N6. The summed E-state index contributed by atoms with van der Waals surface area (Å²) in [5.41, 5.74) is 4.88. The Hall–Kier alpha value is -2.38. The Balaban J connectivity index is 1.62. The van der Waals surface area contributed by atoms with Crippen LogP contribution in [0.3, 0.4) is 0 Å². The average molecular weight is 374 g/mol. The quantitative estimate of drug-likeness (QED) is 0.853. The molecule has 0 saturated carbocycles. The van der Waals surface area contributed by atoms with Gasteiger partial charge in [0.1, 0.15) is 6.33 Å².